The van der Waals surface area contributed by atoms with Crippen LogP contribution in [0.1, 0.15) is 6.92 Å². The van der Waals surface area contributed by atoms with Crippen molar-refractivity contribution in [3.63, 3.8) is 0 Å². The highest BCUT2D eigenvalue weighted by molar-refractivity contribution is 5.97. The first-order valence-corrected chi connectivity index (χ1v) is 9.46. The number of benzene rings is 1. The van der Waals surface area contributed by atoms with E-state index in [-0.39, 0.29) is 29.7 Å². The van der Waals surface area contributed by atoms with E-state index in [4.69, 9.17) is 9.47 Å². The second-order valence-electron chi connectivity index (χ2n) is 7.21. The van der Waals surface area contributed by atoms with Crippen LogP contribution in [0.15, 0.2) is 18.2 Å². The Labute approximate surface area is 169 Å². The van der Waals surface area contributed by atoms with Crippen LogP contribution >= 0.6 is 0 Å². The lowest BCUT2D eigenvalue weighted by atomic mass is 9.84. The normalized spacial score (nSPS) is 23.8. The molecule has 0 bridgehead atoms. The number of methoxy groups -OCH3 is 2. The Morgan fingerprint density at radius 3 is 2.72 bits per heavy atom. The molecule has 0 aliphatic carbocycles. The topological polar surface area (TPSA) is 121 Å². The Balaban J connectivity index is 1.79. The van der Waals surface area contributed by atoms with Crippen LogP contribution in [-0.4, -0.2) is 69.1 Å². The molecule has 158 valence electrons. The van der Waals surface area contributed by atoms with Gasteiger partial charge in [0.2, 0.25) is 17.7 Å². The minimum absolute atomic E-state index is 0.111. The van der Waals surface area contributed by atoms with Gasteiger partial charge in [0, 0.05) is 39.4 Å². The van der Waals surface area contributed by atoms with E-state index in [1.807, 2.05) is 0 Å². The molecular weight excluding hydrogens is 378 g/mol. The lowest BCUT2D eigenvalue weighted by molar-refractivity contribution is -0.127. The summed E-state index contributed by atoms with van der Waals surface area (Å²) < 4.78 is 10.5. The molecule has 2 aliphatic rings. The number of rotatable bonds is 7. The predicted molar refractivity (Wildman–Crippen MR) is 106 cm³/mol. The number of amides is 3. The fraction of sp³-hybridized carbons (Fsp3) is 0.526. The molecule has 2 heterocycles. The molecule has 0 spiro atoms. The van der Waals surface area contributed by atoms with Crippen molar-refractivity contribution < 1.29 is 23.9 Å². The van der Waals surface area contributed by atoms with Gasteiger partial charge in [-0.1, -0.05) is 0 Å². The second-order valence-corrected chi connectivity index (χ2v) is 7.21. The second kappa shape index (κ2) is 9.21. The summed E-state index contributed by atoms with van der Waals surface area (Å²) in [5, 5.41) is 5.58. The van der Waals surface area contributed by atoms with Crippen molar-refractivity contribution in [1.29, 1.82) is 0 Å². The SMILES string of the molecule is COCCN1CC2C(=O)NNC2C(C(=O)Nc2cc(NC(C)=O)ccc2OC)C1. The molecule has 0 aromatic heterocycles. The molecule has 0 radical (unpaired) electrons. The molecule has 2 aliphatic heterocycles. The number of likely N-dealkylation sites (tertiary alicyclic amines) is 1. The van der Waals surface area contributed by atoms with E-state index in [2.05, 4.69) is 26.4 Å². The van der Waals surface area contributed by atoms with Crippen LogP contribution in [0.4, 0.5) is 11.4 Å². The first kappa shape index (κ1) is 21.0. The van der Waals surface area contributed by atoms with E-state index < -0.39 is 5.92 Å². The van der Waals surface area contributed by atoms with E-state index in [1.54, 1.807) is 25.3 Å². The summed E-state index contributed by atoms with van der Waals surface area (Å²) in [6.45, 7) is 3.63. The summed E-state index contributed by atoms with van der Waals surface area (Å²) in [7, 11) is 3.13. The van der Waals surface area contributed by atoms with Gasteiger partial charge in [-0.2, -0.15) is 0 Å². The van der Waals surface area contributed by atoms with Gasteiger partial charge >= 0.3 is 0 Å². The van der Waals surface area contributed by atoms with Crippen LogP contribution in [-0.2, 0) is 19.1 Å². The first-order chi connectivity index (χ1) is 13.9. The maximum atomic E-state index is 13.1. The van der Waals surface area contributed by atoms with Gasteiger partial charge in [-0.25, -0.2) is 5.43 Å². The number of hydrazine groups is 1. The average molecular weight is 405 g/mol. The third kappa shape index (κ3) is 4.84. The monoisotopic (exact) mass is 405 g/mol. The van der Waals surface area contributed by atoms with Gasteiger partial charge in [-0.05, 0) is 18.2 Å². The number of ether oxygens (including phenoxy) is 2. The van der Waals surface area contributed by atoms with Crippen molar-refractivity contribution in [3.05, 3.63) is 18.2 Å². The summed E-state index contributed by atoms with van der Waals surface area (Å²) in [5.41, 5.74) is 6.60. The third-order valence-electron chi connectivity index (χ3n) is 5.20. The molecule has 10 nitrogen and oxygen atoms in total. The van der Waals surface area contributed by atoms with Gasteiger partial charge in [0.05, 0.1) is 37.3 Å². The predicted octanol–water partition coefficient (Wildman–Crippen LogP) is -0.210. The van der Waals surface area contributed by atoms with Crippen molar-refractivity contribution in [2.45, 2.75) is 13.0 Å². The number of nitrogens with zero attached hydrogens (tertiary/aromatic N) is 1. The molecule has 2 saturated heterocycles. The van der Waals surface area contributed by atoms with Crippen LogP contribution in [0.2, 0.25) is 0 Å². The van der Waals surface area contributed by atoms with E-state index in [9.17, 15) is 14.4 Å². The summed E-state index contributed by atoms with van der Waals surface area (Å²) in [6.07, 6.45) is 0. The molecule has 4 N–H and O–H groups in total. The van der Waals surface area contributed by atoms with Crippen molar-refractivity contribution in [1.82, 2.24) is 15.8 Å². The van der Waals surface area contributed by atoms with Gasteiger partial charge < -0.3 is 20.1 Å². The highest BCUT2D eigenvalue weighted by Crippen LogP contribution is 2.31. The molecule has 3 atom stereocenters. The quantitative estimate of drug-likeness (QED) is 0.495. The van der Waals surface area contributed by atoms with Crippen LogP contribution in [0.25, 0.3) is 0 Å². The van der Waals surface area contributed by atoms with Crippen molar-refractivity contribution in [2.75, 3.05) is 51.1 Å². The van der Waals surface area contributed by atoms with E-state index in [0.717, 1.165) is 0 Å². The van der Waals surface area contributed by atoms with E-state index in [0.29, 0.717) is 43.4 Å². The molecule has 2 fully saturated rings. The summed E-state index contributed by atoms with van der Waals surface area (Å²) in [5.74, 6) is -0.854. The Kier molecular flexibility index (Phi) is 6.68. The zero-order valence-electron chi connectivity index (χ0n) is 16.8. The van der Waals surface area contributed by atoms with Gasteiger partial charge in [0.1, 0.15) is 5.75 Å². The lowest BCUT2D eigenvalue weighted by Crippen LogP contribution is -2.56. The zero-order chi connectivity index (χ0) is 21.0. The molecule has 3 rings (SSSR count). The van der Waals surface area contributed by atoms with E-state index in [1.165, 1.54) is 14.0 Å². The largest absolute Gasteiger partial charge is 0.495 e. The van der Waals surface area contributed by atoms with Gasteiger partial charge in [-0.15, -0.1) is 0 Å². The molecule has 0 saturated carbocycles. The number of anilines is 2. The van der Waals surface area contributed by atoms with Gasteiger partial charge in [0.15, 0.2) is 0 Å². The Morgan fingerprint density at radius 1 is 1.24 bits per heavy atom. The number of nitrogens with one attached hydrogen (secondary N) is 4. The summed E-state index contributed by atoms with van der Waals surface area (Å²) >= 11 is 0. The lowest BCUT2D eigenvalue weighted by Gasteiger charge is -2.38. The van der Waals surface area contributed by atoms with Gasteiger partial charge in [0.25, 0.3) is 0 Å². The van der Waals surface area contributed by atoms with Crippen LogP contribution in [0.3, 0.4) is 0 Å². The molecular formula is C19H27N5O5. The molecule has 29 heavy (non-hydrogen) atoms. The van der Waals surface area contributed by atoms with Crippen molar-refractivity contribution in [3.8, 4) is 5.75 Å². The fourth-order valence-corrected chi connectivity index (χ4v) is 3.79. The van der Waals surface area contributed by atoms with E-state index >= 15 is 0 Å². The van der Waals surface area contributed by atoms with Crippen LogP contribution in [0, 0.1) is 11.8 Å². The van der Waals surface area contributed by atoms with Gasteiger partial charge in [-0.3, -0.25) is 24.7 Å². The minimum atomic E-state index is -0.460. The first-order valence-electron chi connectivity index (χ1n) is 9.46. The van der Waals surface area contributed by atoms with Crippen molar-refractivity contribution >= 4 is 29.1 Å². The minimum Gasteiger partial charge on any atom is -0.495 e. The molecule has 10 heteroatoms. The van der Waals surface area contributed by atoms with Crippen molar-refractivity contribution in [2.24, 2.45) is 11.8 Å². The fourth-order valence-electron chi connectivity index (χ4n) is 3.79. The molecule has 1 aromatic carbocycles. The third-order valence-corrected chi connectivity index (χ3v) is 5.20. The Hall–Kier alpha value is -2.69. The summed E-state index contributed by atoms with van der Waals surface area (Å²) in [6, 6.07) is 4.71. The molecule has 3 unspecified atom stereocenters. The molecule has 3 amide bonds. The Morgan fingerprint density at radius 2 is 2.03 bits per heavy atom. The number of carbonyl (C=O) groups is 3. The standard InChI is InChI=1S/C19H27N5O5/c1-11(25)20-12-4-5-16(29-3)15(8-12)21-18(26)13-9-24(6-7-28-2)10-14-17(13)22-23-19(14)27/h4-5,8,13-14,17,22H,6-7,9-10H2,1-3H3,(H,20,25)(H,21,26)(H,23,27). The highest BCUT2D eigenvalue weighted by atomic mass is 16.5. The summed E-state index contributed by atoms with van der Waals surface area (Å²) in [4.78, 5) is 38.7. The van der Waals surface area contributed by atoms with Crippen LogP contribution in [0.5, 0.6) is 5.75 Å². The smallest absolute Gasteiger partial charge is 0.240 e. The number of carbonyl (C=O) groups excluding carboxylic acids is 3. The average Bonchev–Trinajstić information content (AvgIpc) is 3.06. The highest BCUT2D eigenvalue weighted by Gasteiger charge is 2.47. The number of hydrogen-bond donors (Lipinski definition) is 4. The maximum Gasteiger partial charge on any atom is 0.240 e. The zero-order valence-corrected chi connectivity index (χ0v) is 16.8. The molecule has 1 aromatic rings. The number of piperidine rings is 1. The van der Waals surface area contributed by atoms with Crippen LogP contribution < -0.4 is 26.2 Å². The number of hydrogen-bond acceptors (Lipinski definition) is 7. The Bertz CT molecular complexity index is 786. The maximum absolute atomic E-state index is 13.1. The number of fused-ring (bicyclic) bond motifs is 1.